The Labute approximate surface area is 176 Å². The Bertz CT molecular complexity index is 716. The van der Waals surface area contributed by atoms with Crippen molar-refractivity contribution in [3.63, 3.8) is 0 Å². The molecule has 1 amide bonds. The van der Waals surface area contributed by atoms with Crippen molar-refractivity contribution in [2.45, 2.75) is 12.5 Å². The van der Waals surface area contributed by atoms with Crippen molar-refractivity contribution in [2.24, 2.45) is 0 Å². The topological polar surface area (TPSA) is 38.8 Å². The molecule has 0 saturated carbocycles. The highest BCUT2D eigenvalue weighted by Gasteiger charge is 2.18. The van der Waals surface area contributed by atoms with Crippen LogP contribution in [0.25, 0.3) is 0 Å². The number of benzene rings is 1. The second-order valence-electron chi connectivity index (χ2n) is 7.20. The average molecular weight is 474 g/mol. The zero-order valence-corrected chi connectivity index (χ0v) is 19.5. The first kappa shape index (κ1) is 22.1. The van der Waals surface area contributed by atoms with Crippen molar-refractivity contribution >= 4 is 43.4 Å². The molecule has 0 radical (unpaired) electrons. The Balaban J connectivity index is 1.90. The van der Waals surface area contributed by atoms with Gasteiger partial charge in [0.25, 0.3) is 0 Å². The lowest BCUT2D eigenvalue weighted by molar-refractivity contribution is 0.109. The highest BCUT2D eigenvalue weighted by molar-refractivity contribution is 9.10. The monoisotopic (exact) mass is 473 g/mol. The summed E-state index contributed by atoms with van der Waals surface area (Å²) in [6.45, 7) is 1.04. The number of halogens is 1. The Hall–Kier alpha value is -1.18. The Kier molecular flexibility index (Phi) is 8.51. The molecule has 0 spiro atoms. The van der Waals surface area contributed by atoms with Crippen LogP contribution in [0.4, 0.5) is 4.79 Å². The van der Waals surface area contributed by atoms with Gasteiger partial charge in [-0.2, -0.15) is 0 Å². The van der Waals surface area contributed by atoms with Crippen LogP contribution in [-0.4, -0.2) is 55.7 Å². The minimum Gasteiger partial charge on any atom is -0.485 e. The van der Waals surface area contributed by atoms with Crippen LogP contribution in [0.3, 0.4) is 0 Å². The highest BCUT2D eigenvalue weighted by atomic mass is 79.9. The molecule has 2 aromatic rings. The predicted octanol–water partition coefficient (Wildman–Crippen LogP) is 5.78. The average Bonchev–Trinajstić information content (AvgIpc) is 3.11. The van der Waals surface area contributed by atoms with E-state index in [1.165, 1.54) is 0 Å². The van der Waals surface area contributed by atoms with E-state index in [0.29, 0.717) is 19.6 Å². The maximum absolute atomic E-state index is 12.2. The van der Waals surface area contributed by atoms with Gasteiger partial charge in [0, 0.05) is 35.1 Å². The second kappa shape index (κ2) is 10.4. The van der Waals surface area contributed by atoms with Gasteiger partial charge < -0.3 is 14.4 Å². The van der Waals surface area contributed by atoms with Crippen molar-refractivity contribution in [1.82, 2.24) is 4.90 Å². The van der Waals surface area contributed by atoms with Gasteiger partial charge in [0.05, 0.1) is 0 Å². The first-order valence-corrected chi connectivity index (χ1v) is 13.4. The first-order valence-electron chi connectivity index (χ1n) is 8.74. The summed E-state index contributed by atoms with van der Waals surface area (Å²) in [6.07, 6.45) is 6.98. The predicted molar refractivity (Wildman–Crippen MR) is 121 cm³/mol. The van der Waals surface area contributed by atoms with Crippen LogP contribution in [0.15, 0.2) is 46.3 Å². The molecule has 0 aliphatic rings. The maximum Gasteiger partial charge on any atom is 0.409 e. The molecular formula is C20H28BrNO3S2. The number of amides is 1. The number of ether oxygens (including phenoxy) is 2. The van der Waals surface area contributed by atoms with Gasteiger partial charge in [0.2, 0.25) is 0 Å². The molecule has 0 bridgehead atoms. The maximum atomic E-state index is 12.2. The smallest absolute Gasteiger partial charge is 0.409 e. The molecular weight excluding hydrogens is 446 g/mol. The molecule has 0 aliphatic heterocycles. The van der Waals surface area contributed by atoms with Crippen LogP contribution < -0.4 is 4.74 Å². The van der Waals surface area contributed by atoms with Crippen LogP contribution in [0.1, 0.15) is 17.4 Å². The molecule has 27 heavy (non-hydrogen) atoms. The zero-order chi connectivity index (χ0) is 19.9. The van der Waals surface area contributed by atoms with Crippen molar-refractivity contribution in [2.75, 3.05) is 44.7 Å². The molecule has 1 aromatic carbocycles. The quantitative estimate of drug-likeness (QED) is 0.462. The Morgan fingerprint density at radius 1 is 1.26 bits per heavy atom. The molecule has 0 fully saturated rings. The zero-order valence-electron chi connectivity index (χ0n) is 16.3. The number of carbonyl (C=O) groups is 1. The van der Waals surface area contributed by atoms with Gasteiger partial charge >= 0.3 is 6.09 Å². The van der Waals surface area contributed by atoms with Crippen LogP contribution >= 0.6 is 37.3 Å². The standard InChI is InChI=1S/C20H28BrNO3S2/c1-22(20(23)24-12-14-27(2,3)4)11-10-18(19-9-6-13-26-19)25-17-8-5-7-16(21)15-17/h5-9,13,15,18H,10-12,14H2,1-4H3/t18-/m1/s1. The van der Waals surface area contributed by atoms with Crippen LogP contribution in [0.2, 0.25) is 0 Å². The number of carbonyl (C=O) groups excluding carboxylic acids is 1. The summed E-state index contributed by atoms with van der Waals surface area (Å²) in [4.78, 5) is 15.0. The molecule has 1 aromatic heterocycles. The normalized spacial score (nSPS) is 13.1. The van der Waals surface area contributed by atoms with Gasteiger partial charge in [0.1, 0.15) is 18.5 Å². The van der Waals surface area contributed by atoms with E-state index in [2.05, 4.69) is 40.8 Å². The van der Waals surface area contributed by atoms with Gasteiger partial charge in [-0.05, 0) is 48.4 Å². The van der Waals surface area contributed by atoms with E-state index in [-0.39, 0.29) is 12.2 Å². The fourth-order valence-electron chi connectivity index (χ4n) is 2.33. The van der Waals surface area contributed by atoms with Gasteiger partial charge in [-0.25, -0.2) is 14.8 Å². The largest absolute Gasteiger partial charge is 0.485 e. The number of nitrogens with zero attached hydrogens (tertiary/aromatic N) is 1. The van der Waals surface area contributed by atoms with Gasteiger partial charge in [-0.1, -0.05) is 28.1 Å². The summed E-state index contributed by atoms with van der Waals surface area (Å²) in [6, 6.07) is 11.9. The van der Waals surface area contributed by atoms with E-state index in [1.54, 1.807) is 23.3 Å². The fraction of sp³-hybridized carbons (Fsp3) is 0.450. The van der Waals surface area contributed by atoms with Crippen LogP contribution in [0, 0.1) is 0 Å². The SMILES string of the molecule is CN(CC[C@@H](Oc1cccc(Br)c1)c1cccs1)C(=O)OCCS(C)(C)C. The van der Waals surface area contributed by atoms with E-state index in [4.69, 9.17) is 9.47 Å². The lowest BCUT2D eigenvalue weighted by atomic mass is 10.2. The molecule has 1 atom stereocenters. The number of hydrogen-bond donors (Lipinski definition) is 0. The van der Waals surface area contributed by atoms with E-state index in [1.807, 2.05) is 35.7 Å². The minimum absolute atomic E-state index is 0.103. The Morgan fingerprint density at radius 3 is 2.67 bits per heavy atom. The summed E-state index contributed by atoms with van der Waals surface area (Å²) in [5.41, 5.74) is 0. The van der Waals surface area contributed by atoms with Crippen LogP contribution in [0.5, 0.6) is 5.75 Å². The van der Waals surface area contributed by atoms with Crippen LogP contribution in [-0.2, 0) is 4.74 Å². The summed E-state index contributed by atoms with van der Waals surface area (Å²) in [7, 11) is 1.12. The summed E-state index contributed by atoms with van der Waals surface area (Å²) in [5.74, 6) is 1.73. The summed E-state index contributed by atoms with van der Waals surface area (Å²) in [5, 5.41) is 2.04. The summed E-state index contributed by atoms with van der Waals surface area (Å²) >= 11 is 5.14. The van der Waals surface area contributed by atoms with Crippen molar-refractivity contribution in [1.29, 1.82) is 0 Å². The second-order valence-corrected chi connectivity index (χ2v) is 13.7. The minimum atomic E-state index is -0.657. The van der Waals surface area contributed by atoms with E-state index >= 15 is 0 Å². The fourth-order valence-corrected chi connectivity index (χ4v) is 4.08. The molecule has 2 rings (SSSR count). The van der Waals surface area contributed by atoms with E-state index in [0.717, 1.165) is 20.9 Å². The molecule has 0 aliphatic carbocycles. The third-order valence-electron chi connectivity index (χ3n) is 3.89. The molecule has 7 heteroatoms. The number of hydrogen-bond acceptors (Lipinski definition) is 4. The first-order chi connectivity index (χ1) is 12.7. The van der Waals surface area contributed by atoms with Crippen molar-refractivity contribution in [3.8, 4) is 5.75 Å². The molecule has 0 N–H and O–H groups in total. The lowest BCUT2D eigenvalue weighted by Gasteiger charge is -2.26. The lowest BCUT2D eigenvalue weighted by Crippen LogP contribution is -2.30. The highest BCUT2D eigenvalue weighted by Crippen LogP contribution is 2.33. The molecule has 0 unspecified atom stereocenters. The molecule has 0 saturated heterocycles. The van der Waals surface area contributed by atoms with Gasteiger partial charge in [-0.15, -0.1) is 11.3 Å². The third kappa shape index (κ3) is 8.15. The Morgan fingerprint density at radius 2 is 2.04 bits per heavy atom. The van der Waals surface area contributed by atoms with Gasteiger partial charge in [-0.3, -0.25) is 0 Å². The third-order valence-corrected chi connectivity index (χ3v) is 6.74. The van der Waals surface area contributed by atoms with E-state index < -0.39 is 10.0 Å². The summed E-state index contributed by atoms with van der Waals surface area (Å²) < 4.78 is 12.6. The van der Waals surface area contributed by atoms with Gasteiger partial charge in [0.15, 0.2) is 0 Å². The van der Waals surface area contributed by atoms with Crippen molar-refractivity contribution in [3.05, 3.63) is 51.1 Å². The van der Waals surface area contributed by atoms with E-state index in [9.17, 15) is 4.79 Å². The van der Waals surface area contributed by atoms with Crippen molar-refractivity contribution < 1.29 is 14.3 Å². The molecule has 1 heterocycles. The molecule has 4 nitrogen and oxygen atoms in total. The molecule has 150 valence electrons. The number of rotatable bonds is 9. The number of thiophene rings is 1.